The monoisotopic (exact) mass is 410 g/mol. The van der Waals surface area contributed by atoms with Gasteiger partial charge < -0.3 is 5.11 Å². The highest BCUT2D eigenvalue weighted by atomic mass is 32.2. The van der Waals surface area contributed by atoms with Crippen LogP contribution in [-0.4, -0.2) is 41.0 Å². The molecule has 4 rings (SSSR count). The molecule has 1 atom stereocenters. The van der Waals surface area contributed by atoms with Crippen LogP contribution >= 0.6 is 0 Å². The topological polar surface area (TPSA) is 96.3 Å². The number of pyridine rings is 1. The van der Waals surface area contributed by atoms with Crippen molar-refractivity contribution >= 4 is 21.3 Å². The van der Waals surface area contributed by atoms with Crippen molar-refractivity contribution in [3.8, 4) is 11.1 Å². The van der Waals surface area contributed by atoms with Crippen molar-refractivity contribution < 1.29 is 13.5 Å². The van der Waals surface area contributed by atoms with E-state index in [0.717, 1.165) is 28.6 Å². The maximum Gasteiger partial charge on any atom is 0.177 e. The van der Waals surface area contributed by atoms with E-state index in [1.54, 1.807) is 23.4 Å². The lowest BCUT2D eigenvalue weighted by molar-refractivity contribution is 0.118. The molecule has 0 radical (unpaired) electrons. The van der Waals surface area contributed by atoms with Crippen LogP contribution in [0.3, 0.4) is 0 Å². The van der Waals surface area contributed by atoms with Gasteiger partial charge in [-0.05, 0) is 36.2 Å². The summed E-state index contributed by atoms with van der Waals surface area (Å²) in [6, 6.07) is 9.09. The maximum absolute atomic E-state index is 11.7. The van der Waals surface area contributed by atoms with E-state index in [1.165, 1.54) is 12.3 Å². The number of aryl methyl sites for hydroxylation is 1. The quantitative estimate of drug-likeness (QED) is 0.709. The van der Waals surface area contributed by atoms with Gasteiger partial charge in [0.05, 0.1) is 4.90 Å². The Balaban J connectivity index is 1.83. The van der Waals surface area contributed by atoms with Crippen LogP contribution in [0.5, 0.6) is 0 Å². The molecule has 0 saturated carbocycles. The molecule has 1 aliphatic heterocycles. The smallest absolute Gasteiger partial charge is 0.177 e. The normalized spacial score (nSPS) is 18.0. The second kappa shape index (κ2) is 6.60. The minimum Gasteiger partial charge on any atom is -0.372 e. The van der Waals surface area contributed by atoms with Crippen molar-refractivity contribution in [2.45, 2.75) is 37.3 Å². The summed E-state index contributed by atoms with van der Waals surface area (Å²) >= 11 is 0. The van der Waals surface area contributed by atoms with Crippen molar-refractivity contribution in [2.75, 3.05) is 11.2 Å². The van der Waals surface area contributed by atoms with Crippen LogP contribution in [-0.2, 0) is 15.3 Å². The van der Waals surface area contributed by atoms with Crippen LogP contribution in [0.15, 0.2) is 53.8 Å². The second-order valence-corrected chi connectivity index (χ2v) is 9.86. The fraction of sp³-hybridized carbons (Fsp3) is 0.286. The minimum atomic E-state index is -3.34. The summed E-state index contributed by atoms with van der Waals surface area (Å²) in [4.78, 5) is 14.7. The van der Waals surface area contributed by atoms with Crippen molar-refractivity contribution in [2.24, 2.45) is 0 Å². The largest absolute Gasteiger partial charge is 0.372 e. The molecule has 1 aromatic carbocycles. The van der Waals surface area contributed by atoms with Gasteiger partial charge in [-0.1, -0.05) is 26.0 Å². The zero-order valence-corrected chi connectivity index (χ0v) is 17.5. The third-order valence-corrected chi connectivity index (χ3v) is 6.45. The zero-order valence-electron chi connectivity index (χ0n) is 16.7. The number of benzene rings is 1. The first-order chi connectivity index (χ1) is 13.6. The summed E-state index contributed by atoms with van der Waals surface area (Å²) < 4.78 is 23.5. The molecule has 2 aromatic heterocycles. The van der Waals surface area contributed by atoms with Crippen molar-refractivity contribution in [1.82, 2.24) is 15.0 Å². The summed E-state index contributed by atoms with van der Waals surface area (Å²) in [5, 5.41) is 11.1. The first-order valence-electron chi connectivity index (χ1n) is 9.16. The number of aromatic nitrogens is 3. The lowest BCUT2D eigenvalue weighted by Gasteiger charge is -2.29. The number of anilines is 2. The van der Waals surface area contributed by atoms with E-state index >= 15 is 0 Å². The predicted octanol–water partition coefficient (Wildman–Crippen LogP) is 3.00. The lowest BCUT2D eigenvalue weighted by atomic mass is 9.85. The van der Waals surface area contributed by atoms with E-state index in [9.17, 15) is 13.5 Å². The molecule has 0 aliphatic carbocycles. The van der Waals surface area contributed by atoms with Crippen LogP contribution in [0.2, 0.25) is 0 Å². The number of aliphatic hydroxyl groups excluding tert-OH is 1. The summed E-state index contributed by atoms with van der Waals surface area (Å²) in [6.07, 6.45) is 5.15. The van der Waals surface area contributed by atoms with Crippen molar-refractivity contribution in [3.63, 3.8) is 0 Å². The third kappa shape index (κ3) is 3.28. The van der Waals surface area contributed by atoms with Gasteiger partial charge in [0.1, 0.15) is 17.9 Å². The number of aliphatic hydroxyl groups is 1. The minimum absolute atomic E-state index is 0.139. The first-order valence-corrected chi connectivity index (χ1v) is 11.0. The van der Waals surface area contributed by atoms with Gasteiger partial charge in [-0.15, -0.1) is 0 Å². The van der Waals surface area contributed by atoms with E-state index in [1.807, 2.05) is 39.0 Å². The summed E-state index contributed by atoms with van der Waals surface area (Å²) in [7, 11) is -3.34. The SMILES string of the molecule is Cc1ncc(-c2ccc3c(c2)N(c2ccc(S(C)(=O)=O)cn2)C(O)C3(C)C)cn1. The lowest BCUT2D eigenvalue weighted by Crippen LogP contribution is -2.38. The molecule has 8 heteroatoms. The molecule has 0 amide bonds. The van der Waals surface area contributed by atoms with Crippen LogP contribution in [0.4, 0.5) is 11.5 Å². The molecule has 0 bridgehead atoms. The summed E-state index contributed by atoms with van der Waals surface area (Å²) in [6.45, 7) is 5.77. The Kier molecular flexibility index (Phi) is 4.43. The number of hydrogen-bond acceptors (Lipinski definition) is 7. The van der Waals surface area contributed by atoms with E-state index < -0.39 is 21.5 Å². The molecular weight excluding hydrogens is 388 g/mol. The van der Waals surface area contributed by atoms with Gasteiger partial charge in [0.25, 0.3) is 0 Å². The number of sulfone groups is 1. The zero-order chi connectivity index (χ0) is 21.0. The molecular formula is C21H22N4O3S. The Bertz CT molecular complexity index is 1170. The maximum atomic E-state index is 11.7. The molecule has 0 fully saturated rings. The van der Waals surface area contributed by atoms with Gasteiger partial charge in [-0.3, -0.25) is 4.90 Å². The Morgan fingerprint density at radius 3 is 2.28 bits per heavy atom. The highest BCUT2D eigenvalue weighted by Crippen LogP contribution is 2.48. The second-order valence-electron chi connectivity index (χ2n) is 7.84. The van der Waals surface area contributed by atoms with Crippen LogP contribution < -0.4 is 4.90 Å². The van der Waals surface area contributed by atoms with Gasteiger partial charge in [0.15, 0.2) is 9.84 Å². The fourth-order valence-electron chi connectivity index (χ4n) is 3.57. The standard InChI is InChI=1S/C21H22N4O3S/c1-13-22-10-15(11-23-13)14-5-7-17-18(9-14)25(20(26)21(17,2)3)19-8-6-16(12-24-19)29(4,27)28/h5-12,20,26H,1-4H3. The molecule has 3 heterocycles. The van der Waals surface area contributed by atoms with Crippen LogP contribution in [0.1, 0.15) is 25.2 Å². The van der Waals surface area contributed by atoms with Crippen molar-refractivity contribution in [1.29, 1.82) is 0 Å². The molecule has 150 valence electrons. The first kappa shape index (κ1) is 19.5. The highest BCUT2D eigenvalue weighted by molar-refractivity contribution is 7.90. The van der Waals surface area contributed by atoms with E-state index in [0.29, 0.717) is 11.6 Å². The summed E-state index contributed by atoms with van der Waals surface area (Å²) in [5.41, 5.74) is 3.06. The highest BCUT2D eigenvalue weighted by Gasteiger charge is 2.45. The molecule has 29 heavy (non-hydrogen) atoms. The predicted molar refractivity (Wildman–Crippen MR) is 111 cm³/mol. The fourth-order valence-corrected chi connectivity index (χ4v) is 4.13. The van der Waals surface area contributed by atoms with Gasteiger partial charge in [-0.25, -0.2) is 23.4 Å². The Hall–Kier alpha value is -2.84. The molecule has 3 aromatic rings. The van der Waals surface area contributed by atoms with E-state index in [2.05, 4.69) is 15.0 Å². The Morgan fingerprint density at radius 2 is 1.69 bits per heavy atom. The van der Waals surface area contributed by atoms with Crippen molar-refractivity contribution in [3.05, 3.63) is 60.3 Å². The Morgan fingerprint density at radius 1 is 1.00 bits per heavy atom. The molecule has 0 saturated heterocycles. The van der Waals surface area contributed by atoms with Gasteiger partial charge in [0, 0.05) is 41.5 Å². The number of hydrogen-bond donors (Lipinski definition) is 1. The Labute approximate surface area is 170 Å². The number of nitrogens with zero attached hydrogens (tertiary/aromatic N) is 4. The van der Waals surface area contributed by atoms with E-state index in [4.69, 9.17) is 0 Å². The molecule has 7 nitrogen and oxygen atoms in total. The van der Waals surface area contributed by atoms with Gasteiger partial charge >= 0.3 is 0 Å². The molecule has 1 unspecified atom stereocenters. The van der Waals surface area contributed by atoms with E-state index in [-0.39, 0.29) is 4.90 Å². The van der Waals surface area contributed by atoms with Gasteiger partial charge in [0.2, 0.25) is 0 Å². The summed E-state index contributed by atoms with van der Waals surface area (Å²) in [5.74, 6) is 1.18. The average Bonchev–Trinajstić information content (AvgIpc) is 2.87. The molecule has 0 spiro atoms. The molecule has 1 aliphatic rings. The third-order valence-electron chi connectivity index (χ3n) is 5.35. The molecule has 1 N–H and O–H groups in total. The number of fused-ring (bicyclic) bond motifs is 1. The van der Waals surface area contributed by atoms with Crippen LogP contribution in [0, 0.1) is 6.92 Å². The number of rotatable bonds is 3. The van der Waals surface area contributed by atoms with Crippen LogP contribution in [0.25, 0.3) is 11.1 Å². The average molecular weight is 410 g/mol. The van der Waals surface area contributed by atoms with Gasteiger partial charge in [-0.2, -0.15) is 0 Å².